The summed E-state index contributed by atoms with van der Waals surface area (Å²) in [4.78, 5) is 34.1. The Balaban J connectivity index is 1.38. The molecule has 0 spiro atoms. The van der Waals surface area contributed by atoms with Gasteiger partial charge in [0.25, 0.3) is 5.91 Å². The lowest BCUT2D eigenvalue weighted by atomic mass is 9.93. The van der Waals surface area contributed by atoms with Gasteiger partial charge in [-0.25, -0.2) is 4.98 Å². The Labute approximate surface area is 204 Å². The summed E-state index contributed by atoms with van der Waals surface area (Å²) >= 11 is 0. The minimum atomic E-state index is -1.07. The molecule has 2 amide bonds. The quantitative estimate of drug-likeness (QED) is 0.578. The molecule has 1 saturated carbocycles. The first-order valence-corrected chi connectivity index (χ1v) is 12.5. The summed E-state index contributed by atoms with van der Waals surface area (Å²) in [5.41, 5.74) is 1.43. The fourth-order valence-corrected chi connectivity index (χ4v) is 5.56. The Morgan fingerprint density at radius 3 is 2.69 bits per heavy atom. The van der Waals surface area contributed by atoms with Crippen molar-refractivity contribution in [1.82, 2.24) is 19.8 Å². The maximum Gasteiger partial charge on any atom is 0.291 e. The summed E-state index contributed by atoms with van der Waals surface area (Å²) in [6, 6.07) is 13.5. The summed E-state index contributed by atoms with van der Waals surface area (Å²) in [6.07, 6.45) is 6.63. The van der Waals surface area contributed by atoms with Crippen molar-refractivity contribution in [3.63, 3.8) is 0 Å². The fourth-order valence-electron chi connectivity index (χ4n) is 5.56. The molecule has 1 aliphatic carbocycles. The molecule has 3 heterocycles. The van der Waals surface area contributed by atoms with Gasteiger partial charge in [0.2, 0.25) is 12.7 Å². The van der Waals surface area contributed by atoms with E-state index in [9.17, 15) is 9.59 Å². The molecule has 1 fully saturated rings. The van der Waals surface area contributed by atoms with E-state index in [1.165, 1.54) is 12.8 Å². The van der Waals surface area contributed by atoms with Gasteiger partial charge in [0.05, 0.1) is 17.6 Å². The van der Waals surface area contributed by atoms with E-state index in [2.05, 4.69) is 10.3 Å². The largest absolute Gasteiger partial charge is 0.454 e. The highest BCUT2D eigenvalue weighted by Gasteiger charge is 2.48. The number of carbonyl (C=O) groups excluding carboxylic acids is 2. The molecule has 1 N–H and O–H groups in total. The zero-order chi connectivity index (χ0) is 24.0. The maximum absolute atomic E-state index is 13.9. The lowest BCUT2D eigenvalue weighted by molar-refractivity contribution is -0.134. The number of nitrogens with zero attached hydrogens (tertiary/aromatic N) is 3. The molecule has 0 radical (unpaired) electrons. The van der Waals surface area contributed by atoms with Gasteiger partial charge in [-0.15, -0.1) is 0 Å². The van der Waals surface area contributed by atoms with Gasteiger partial charge in [-0.05, 0) is 49.6 Å². The Morgan fingerprint density at radius 2 is 1.86 bits per heavy atom. The lowest BCUT2D eigenvalue weighted by Crippen LogP contribution is -2.64. The van der Waals surface area contributed by atoms with E-state index in [-0.39, 0.29) is 31.2 Å². The predicted molar refractivity (Wildman–Crippen MR) is 130 cm³/mol. The lowest BCUT2D eigenvalue weighted by Gasteiger charge is -2.44. The summed E-state index contributed by atoms with van der Waals surface area (Å²) in [5, 5.41) is 3.31. The van der Waals surface area contributed by atoms with Crippen LogP contribution in [0, 0.1) is 0 Å². The Kier molecular flexibility index (Phi) is 5.39. The molecule has 0 bridgehead atoms. The molecule has 1 aromatic heterocycles. The predicted octanol–water partition coefficient (Wildman–Crippen LogP) is 4.02. The normalized spacial score (nSPS) is 22.2. The van der Waals surface area contributed by atoms with Crippen LogP contribution in [0.5, 0.6) is 11.5 Å². The average molecular weight is 475 g/mol. The minimum absolute atomic E-state index is 0.109. The van der Waals surface area contributed by atoms with Gasteiger partial charge in [-0.1, -0.05) is 43.9 Å². The zero-order valence-electron chi connectivity index (χ0n) is 20.0. The van der Waals surface area contributed by atoms with Gasteiger partial charge in [-0.2, -0.15) is 0 Å². The average Bonchev–Trinajstić information content (AvgIpc) is 3.38. The summed E-state index contributed by atoms with van der Waals surface area (Å²) in [7, 11) is 0. The smallest absolute Gasteiger partial charge is 0.291 e. The summed E-state index contributed by atoms with van der Waals surface area (Å²) in [5.74, 6) is 1.36. The Hall–Kier alpha value is -3.55. The van der Waals surface area contributed by atoms with Crippen LogP contribution in [0.1, 0.15) is 61.6 Å². The highest BCUT2D eigenvalue weighted by Crippen LogP contribution is 2.36. The highest BCUT2D eigenvalue weighted by atomic mass is 16.7. The first kappa shape index (κ1) is 21.9. The monoisotopic (exact) mass is 474 g/mol. The molecule has 8 nitrogen and oxygen atoms in total. The van der Waals surface area contributed by atoms with Gasteiger partial charge < -0.3 is 24.3 Å². The standard InChI is InChI=1S/C27H30N4O4/c1-27(26(33)28-19-8-4-2-3-5-9-19)16-30-21-11-7-6-10-20(21)29-24(30)25(32)31(27)15-18-12-13-22-23(14-18)35-17-34-22/h6-7,10-14,19H,2-5,8-9,15-17H2,1H3,(H,28,33). The molecular formula is C27H30N4O4. The minimum Gasteiger partial charge on any atom is -0.454 e. The molecule has 182 valence electrons. The van der Waals surface area contributed by atoms with Gasteiger partial charge in [0.1, 0.15) is 5.54 Å². The molecule has 2 aromatic carbocycles. The van der Waals surface area contributed by atoms with Crippen molar-refractivity contribution in [3.05, 3.63) is 53.9 Å². The van der Waals surface area contributed by atoms with Crippen LogP contribution in [0.3, 0.4) is 0 Å². The molecule has 35 heavy (non-hydrogen) atoms. The van der Waals surface area contributed by atoms with E-state index in [0.717, 1.165) is 42.3 Å². The Bertz CT molecular complexity index is 1290. The van der Waals surface area contributed by atoms with Crippen LogP contribution >= 0.6 is 0 Å². The van der Waals surface area contributed by atoms with Gasteiger partial charge in [0.15, 0.2) is 17.3 Å². The van der Waals surface area contributed by atoms with Crippen molar-refractivity contribution < 1.29 is 19.1 Å². The first-order valence-electron chi connectivity index (χ1n) is 12.5. The first-order chi connectivity index (χ1) is 17.0. The summed E-state index contributed by atoms with van der Waals surface area (Å²) < 4.78 is 12.9. The molecule has 8 heteroatoms. The van der Waals surface area contributed by atoms with E-state index in [0.29, 0.717) is 23.9 Å². The molecule has 1 unspecified atom stereocenters. The van der Waals surface area contributed by atoms with E-state index >= 15 is 0 Å². The van der Waals surface area contributed by atoms with E-state index in [1.807, 2.05) is 54.0 Å². The van der Waals surface area contributed by atoms with Crippen LogP contribution < -0.4 is 14.8 Å². The molecule has 0 saturated heterocycles. The topological polar surface area (TPSA) is 85.7 Å². The van der Waals surface area contributed by atoms with Crippen molar-refractivity contribution >= 4 is 22.8 Å². The van der Waals surface area contributed by atoms with Crippen molar-refractivity contribution in [2.24, 2.45) is 0 Å². The van der Waals surface area contributed by atoms with Crippen LogP contribution in [0.4, 0.5) is 0 Å². The van der Waals surface area contributed by atoms with Crippen LogP contribution in [-0.2, 0) is 17.9 Å². The number of hydrogen-bond acceptors (Lipinski definition) is 5. The molecule has 2 aliphatic heterocycles. The molecular weight excluding hydrogens is 444 g/mol. The number of ether oxygens (including phenoxy) is 2. The molecule has 1 atom stereocenters. The van der Waals surface area contributed by atoms with Crippen molar-refractivity contribution in [1.29, 1.82) is 0 Å². The number of para-hydroxylation sites is 2. The number of benzene rings is 2. The van der Waals surface area contributed by atoms with Crippen LogP contribution in [-0.4, -0.2) is 44.6 Å². The summed E-state index contributed by atoms with van der Waals surface area (Å²) in [6.45, 7) is 2.68. The SMILES string of the molecule is CC1(C(=O)NC2CCCCCC2)Cn2c(nc3ccccc32)C(=O)N1Cc1ccc2c(c1)OCO2. The number of imidazole rings is 1. The number of rotatable bonds is 4. The number of amides is 2. The van der Waals surface area contributed by atoms with E-state index in [1.54, 1.807) is 4.90 Å². The number of hydrogen-bond donors (Lipinski definition) is 1. The molecule has 3 aliphatic rings. The number of carbonyl (C=O) groups is 2. The second-order valence-corrected chi connectivity index (χ2v) is 10.0. The van der Waals surface area contributed by atoms with Crippen LogP contribution in [0.25, 0.3) is 11.0 Å². The second-order valence-electron chi connectivity index (χ2n) is 10.0. The van der Waals surface area contributed by atoms with E-state index in [4.69, 9.17) is 9.47 Å². The van der Waals surface area contributed by atoms with Crippen LogP contribution in [0.15, 0.2) is 42.5 Å². The van der Waals surface area contributed by atoms with Gasteiger partial charge >= 0.3 is 0 Å². The van der Waals surface area contributed by atoms with Gasteiger partial charge in [-0.3, -0.25) is 9.59 Å². The Morgan fingerprint density at radius 1 is 1.09 bits per heavy atom. The van der Waals surface area contributed by atoms with Crippen molar-refractivity contribution in [3.8, 4) is 11.5 Å². The number of aromatic nitrogens is 2. The third-order valence-corrected chi connectivity index (χ3v) is 7.61. The van der Waals surface area contributed by atoms with Crippen LogP contribution in [0.2, 0.25) is 0 Å². The van der Waals surface area contributed by atoms with Crippen molar-refractivity contribution in [2.45, 2.75) is 70.1 Å². The second kappa shape index (κ2) is 8.59. The van der Waals surface area contributed by atoms with Crippen molar-refractivity contribution in [2.75, 3.05) is 6.79 Å². The number of nitrogens with one attached hydrogen (secondary N) is 1. The number of fused-ring (bicyclic) bond motifs is 4. The third kappa shape index (κ3) is 3.81. The highest BCUT2D eigenvalue weighted by molar-refractivity contribution is 6.01. The third-order valence-electron chi connectivity index (χ3n) is 7.61. The fraction of sp³-hybridized carbons (Fsp3) is 0.444. The molecule has 6 rings (SSSR count). The van der Waals surface area contributed by atoms with E-state index < -0.39 is 5.54 Å². The van der Waals surface area contributed by atoms with Gasteiger partial charge in [0, 0.05) is 12.6 Å². The zero-order valence-corrected chi connectivity index (χ0v) is 20.0. The maximum atomic E-state index is 13.9. The molecule has 3 aromatic rings.